The summed E-state index contributed by atoms with van der Waals surface area (Å²) >= 11 is 0. The molecule has 0 spiro atoms. The van der Waals surface area contributed by atoms with Crippen LogP contribution < -0.4 is 5.32 Å². The van der Waals surface area contributed by atoms with E-state index in [1.54, 1.807) is 0 Å². The van der Waals surface area contributed by atoms with Crippen molar-refractivity contribution in [3.63, 3.8) is 0 Å². The molecule has 12 heavy (non-hydrogen) atoms. The Morgan fingerprint density at radius 1 is 1.50 bits per heavy atom. The number of Topliss-reactive ketones (excluding diaryl/α,β-unsaturated/α-hetero) is 1. The predicted molar refractivity (Wildman–Crippen MR) is 46.4 cm³/mol. The minimum Gasteiger partial charge on any atom is -0.355 e. The van der Waals surface area contributed by atoms with Crippen LogP contribution >= 0.6 is 0 Å². The van der Waals surface area contributed by atoms with Gasteiger partial charge in [0.25, 0.3) is 0 Å². The van der Waals surface area contributed by atoms with E-state index in [2.05, 4.69) is 10.2 Å². The highest BCUT2D eigenvalue weighted by molar-refractivity contribution is 5.97. The number of carbonyl (C=O) groups excluding carboxylic acids is 1. The molecule has 1 heterocycles. The summed E-state index contributed by atoms with van der Waals surface area (Å²) in [5, 5.41) is 3.20. The summed E-state index contributed by atoms with van der Waals surface area (Å²) in [5.74, 6) is 0.237. The van der Waals surface area contributed by atoms with Crippen LogP contribution in [0.4, 0.5) is 0 Å². The zero-order valence-electron chi connectivity index (χ0n) is 6.92. The second-order valence-corrected chi connectivity index (χ2v) is 3.03. The van der Waals surface area contributed by atoms with Crippen molar-refractivity contribution in [2.75, 3.05) is 19.8 Å². The van der Waals surface area contributed by atoms with Crippen LogP contribution in [0.1, 0.15) is 6.42 Å². The number of ketones is 1. The first kappa shape index (κ1) is 7.55. The van der Waals surface area contributed by atoms with Gasteiger partial charge in [0.2, 0.25) is 0 Å². The maximum Gasteiger partial charge on any atom is 0.182 e. The van der Waals surface area contributed by atoms with Gasteiger partial charge in [-0.15, -0.1) is 0 Å². The van der Waals surface area contributed by atoms with Crippen LogP contribution in [0.15, 0.2) is 23.9 Å². The van der Waals surface area contributed by atoms with E-state index < -0.39 is 0 Å². The Hall–Kier alpha value is -1.09. The van der Waals surface area contributed by atoms with Gasteiger partial charge in [-0.25, -0.2) is 0 Å². The zero-order chi connectivity index (χ0) is 8.39. The van der Waals surface area contributed by atoms with Crippen LogP contribution in [0.5, 0.6) is 0 Å². The molecule has 1 aliphatic carbocycles. The van der Waals surface area contributed by atoms with Crippen LogP contribution in [0.2, 0.25) is 0 Å². The molecule has 0 aromatic carbocycles. The molecule has 3 nitrogen and oxygen atoms in total. The summed E-state index contributed by atoms with van der Waals surface area (Å²) in [5.41, 5.74) is 0.863. The molecule has 1 saturated heterocycles. The van der Waals surface area contributed by atoms with Crippen LogP contribution in [-0.2, 0) is 4.79 Å². The minimum absolute atomic E-state index is 0.237. The number of allylic oxidation sites excluding steroid dienone is 4. The molecule has 3 heteroatoms. The number of hydrogen-bond donors (Lipinski definition) is 1. The number of nitrogens with zero attached hydrogens (tertiary/aromatic N) is 1. The molecule has 2 rings (SSSR count). The van der Waals surface area contributed by atoms with Gasteiger partial charge in [0.05, 0.1) is 12.4 Å². The fraction of sp³-hybridized carbons (Fsp3) is 0.444. The van der Waals surface area contributed by atoms with Gasteiger partial charge in [0.1, 0.15) is 0 Å². The molecular formula is C9H12N2O. The highest BCUT2D eigenvalue weighted by atomic mass is 16.1. The van der Waals surface area contributed by atoms with Crippen molar-refractivity contribution in [1.29, 1.82) is 0 Å². The summed E-state index contributed by atoms with van der Waals surface area (Å²) < 4.78 is 0. The SMILES string of the molecule is O=C1CC=CC=C1N1CCNC1. The lowest BCUT2D eigenvalue weighted by Crippen LogP contribution is -2.27. The van der Waals surface area contributed by atoms with Gasteiger partial charge >= 0.3 is 0 Å². The molecule has 1 fully saturated rings. The number of nitrogens with one attached hydrogen (secondary N) is 1. The minimum atomic E-state index is 0.237. The van der Waals surface area contributed by atoms with Gasteiger partial charge in [-0.2, -0.15) is 0 Å². The third-order valence-electron chi connectivity index (χ3n) is 2.18. The quantitative estimate of drug-likeness (QED) is 0.603. The Balaban J connectivity index is 2.14. The smallest absolute Gasteiger partial charge is 0.182 e. The summed E-state index contributed by atoms with van der Waals surface area (Å²) in [7, 11) is 0. The molecule has 0 atom stereocenters. The largest absolute Gasteiger partial charge is 0.355 e. The van der Waals surface area contributed by atoms with Crippen molar-refractivity contribution >= 4 is 5.78 Å². The second kappa shape index (κ2) is 3.11. The Morgan fingerprint density at radius 3 is 3.08 bits per heavy atom. The molecule has 0 aromatic rings. The van der Waals surface area contributed by atoms with E-state index >= 15 is 0 Å². The lowest BCUT2D eigenvalue weighted by atomic mass is 10.1. The maximum atomic E-state index is 11.4. The zero-order valence-corrected chi connectivity index (χ0v) is 6.92. The maximum absolute atomic E-state index is 11.4. The van der Waals surface area contributed by atoms with Crippen molar-refractivity contribution in [1.82, 2.24) is 10.2 Å². The van der Waals surface area contributed by atoms with Crippen molar-refractivity contribution < 1.29 is 4.79 Å². The first-order valence-corrected chi connectivity index (χ1v) is 4.23. The Kier molecular flexibility index (Phi) is 1.96. The standard InChI is InChI=1S/C9H12N2O/c12-9-4-2-1-3-8(9)11-6-5-10-7-11/h1-3,10H,4-7H2. The Morgan fingerprint density at radius 2 is 2.42 bits per heavy atom. The summed E-state index contributed by atoms with van der Waals surface area (Å²) in [4.78, 5) is 13.5. The van der Waals surface area contributed by atoms with E-state index in [4.69, 9.17) is 0 Å². The molecule has 0 bridgehead atoms. The second-order valence-electron chi connectivity index (χ2n) is 3.03. The molecular weight excluding hydrogens is 152 g/mol. The highest BCUT2D eigenvalue weighted by Crippen LogP contribution is 2.13. The number of carbonyl (C=O) groups is 1. The lowest BCUT2D eigenvalue weighted by molar-refractivity contribution is -0.116. The topological polar surface area (TPSA) is 32.3 Å². The predicted octanol–water partition coefficient (Wildman–Crippen LogP) is 0.262. The highest BCUT2D eigenvalue weighted by Gasteiger charge is 2.19. The molecule has 1 N–H and O–H groups in total. The van der Waals surface area contributed by atoms with Gasteiger partial charge in [0, 0.05) is 19.5 Å². The molecule has 0 aromatic heterocycles. The summed E-state index contributed by atoms with van der Waals surface area (Å²) in [6, 6.07) is 0. The third kappa shape index (κ3) is 1.28. The van der Waals surface area contributed by atoms with Crippen LogP contribution in [0.3, 0.4) is 0 Å². The van der Waals surface area contributed by atoms with E-state index in [-0.39, 0.29) is 5.78 Å². The van der Waals surface area contributed by atoms with Crippen molar-refractivity contribution in [3.05, 3.63) is 23.9 Å². The first-order chi connectivity index (χ1) is 5.88. The Bertz CT molecular complexity index is 249. The van der Waals surface area contributed by atoms with Crippen molar-refractivity contribution in [2.24, 2.45) is 0 Å². The van der Waals surface area contributed by atoms with Crippen LogP contribution in [-0.4, -0.2) is 30.4 Å². The van der Waals surface area contributed by atoms with Gasteiger partial charge in [0.15, 0.2) is 5.78 Å². The molecule has 0 unspecified atom stereocenters. The average molecular weight is 164 g/mol. The van der Waals surface area contributed by atoms with E-state index in [0.717, 1.165) is 25.5 Å². The molecule has 0 amide bonds. The van der Waals surface area contributed by atoms with Gasteiger partial charge < -0.3 is 4.90 Å². The summed E-state index contributed by atoms with van der Waals surface area (Å²) in [6.45, 7) is 2.74. The van der Waals surface area contributed by atoms with Crippen molar-refractivity contribution in [2.45, 2.75) is 6.42 Å². The summed E-state index contributed by atoms with van der Waals surface area (Å²) in [6.07, 6.45) is 6.31. The van der Waals surface area contributed by atoms with Gasteiger partial charge in [-0.3, -0.25) is 10.1 Å². The van der Waals surface area contributed by atoms with Gasteiger partial charge in [-0.1, -0.05) is 12.2 Å². The molecule has 1 aliphatic heterocycles. The molecule has 64 valence electrons. The van der Waals surface area contributed by atoms with E-state index in [9.17, 15) is 4.79 Å². The normalized spacial score (nSPS) is 23.2. The fourth-order valence-electron chi connectivity index (χ4n) is 1.53. The van der Waals surface area contributed by atoms with E-state index in [1.807, 2.05) is 18.2 Å². The van der Waals surface area contributed by atoms with E-state index in [0.29, 0.717) is 6.42 Å². The van der Waals surface area contributed by atoms with Gasteiger partial charge in [-0.05, 0) is 6.08 Å². The van der Waals surface area contributed by atoms with E-state index in [1.165, 1.54) is 0 Å². The first-order valence-electron chi connectivity index (χ1n) is 4.23. The average Bonchev–Trinajstić information content (AvgIpc) is 2.57. The lowest BCUT2D eigenvalue weighted by Gasteiger charge is -2.20. The number of rotatable bonds is 1. The fourth-order valence-corrected chi connectivity index (χ4v) is 1.53. The van der Waals surface area contributed by atoms with Crippen LogP contribution in [0, 0.1) is 0 Å². The number of hydrogen-bond acceptors (Lipinski definition) is 3. The molecule has 0 saturated carbocycles. The third-order valence-corrected chi connectivity index (χ3v) is 2.18. The monoisotopic (exact) mass is 164 g/mol. The Labute approximate surface area is 71.7 Å². The van der Waals surface area contributed by atoms with Crippen molar-refractivity contribution in [3.8, 4) is 0 Å². The molecule has 2 aliphatic rings. The molecule has 0 radical (unpaired) electrons. The van der Waals surface area contributed by atoms with Crippen LogP contribution in [0.25, 0.3) is 0 Å².